The van der Waals surface area contributed by atoms with Gasteiger partial charge in [-0.2, -0.15) is 5.26 Å². The van der Waals surface area contributed by atoms with Crippen LogP contribution in [0.15, 0.2) is 12.2 Å². The molecule has 25 heavy (non-hydrogen) atoms. The number of carbonyl (C=O) groups excluding carboxylic acids is 2. The van der Waals surface area contributed by atoms with Crippen LogP contribution in [0.1, 0.15) is 48.1 Å². The lowest BCUT2D eigenvalue weighted by atomic mass is 9.85. The number of rotatable bonds is 1. The summed E-state index contributed by atoms with van der Waals surface area (Å²) in [5.41, 5.74) is 1.69. The molecular formula is C20H20N2O2S. The second-order valence-corrected chi connectivity index (χ2v) is 8.81. The summed E-state index contributed by atoms with van der Waals surface area (Å²) in [4.78, 5) is 28.7. The van der Waals surface area contributed by atoms with E-state index in [1.807, 2.05) is 0 Å². The largest absolute Gasteiger partial charge is 0.274 e. The van der Waals surface area contributed by atoms with Crippen LogP contribution in [-0.2, 0) is 22.4 Å². The molecule has 3 aliphatic carbocycles. The summed E-state index contributed by atoms with van der Waals surface area (Å²) in [6.07, 6.45) is 11.6. The van der Waals surface area contributed by atoms with Crippen LogP contribution >= 0.6 is 11.3 Å². The van der Waals surface area contributed by atoms with E-state index >= 15 is 0 Å². The Morgan fingerprint density at radius 1 is 1.00 bits per heavy atom. The van der Waals surface area contributed by atoms with Gasteiger partial charge in [-0.1, -0.05) is 25.0 Å². The second-order valence-electron chi connectivity index (χ2n) is 7.72. The Hall–Kier alpha value is -1.93. The van der Waals surface area contributed by atoms with Crippen LogP contribution in [0.3, 0.4) is 0 Å². The molecule has 1 aromatic heterocycles. The molecule has 5 rings (SSSR count). The summed E-state index contributed by atoms with van der Waals surface area (Å²) in [5.74, 6) is -0.112. The van der Waals surface area contributed by atoms with Crippen molar-refractivity contribution in [1.29, 1.82) is 5.26 Å². The third kappa shape index (κ3) is 2.04. The summed E-state index contributed by atoms with van der Waals surface area (Å²) in [6.45, 7) is 0. The fraction of sp³-hybridized carbons (Fsp3) is 0.550. The van der Waals surface area contributed by atoms with Crippen molar-refractivity contribution in [3.05, 3.63) is 28.2 Å². The molecule has 0 unspecified atom stereocenters. The van der Waals surface area contributed by atoms with E-state index in [9.17, 15) is 14.9 Å². The smallest absolute Gasteiger partial charge is 0.238 e. The summed E-state index contributed by atoms with van der Waals surface area (Å²) >= 11 is 1.52. The van der Waals surface area contributed by atoms with Crippen molar-refractivity contribution in [3.63, 3.8) is 0 Å². The van der Waals surface area contributed by atoms with Crippen molar-refractivity contribution in [2.75, 3.05) is 4.90 Å². The Morgan fingerprint density at radius 2 is 1.64 bits per heavy atom. The maximum absolute atomic E-state index is 13.1. The first-order chi connectivity index (χ1) is 12.2. The quantitative estimate of drug-likeness (QED) is 0.573. The van der Waals surface area contributed by atoms with Gasteiger partial charge < -0.3 is 0 Å². The van der Waals surface area contributed by atoms with Crippen LogP contribution < -0.4 is 4.90 Å². The van der Waals surface area contributed by atoms with Gasteiger partial charge >= 0.3 is 0 Å². The average Bonchev–Trinajstić information content (AvgIpc) is 3.31. The minimum absolute atomic E-state index is 0.0717. The number of carbonyl (C=O) groups is 2. The molecule has 5 heteroatoms. The number of fused-ring (bicyclic) bond motifs is 6. The molecule has 0 N–H and O–H groups in total. The van der Waals surface area contributed by atoms with E-state index in [1.54, 1.807) is 0 Å². The first kappa shape index (κ1) is 15.3. The van der Waals surface area contributed by atoms with Crippen LogP contribution in [0.5, 0.6) is 0 Å². The van der Waals surface area contributed by atoms with Crippen LogP contribution in [-0.4, -0.2) is 11.8 Å². The Labute approximate surface area is 151 Å². The van der Waals surface area contributed by atoms with E-state index in [1.165, 1.54) is 34.0 Å². The van der Waals surface area contributed by atoms with Gasteiger partial charge in [-0.05, 0) is 49.5 Å². The predicted molar refractivity (Wildman–Crippen MR) is 95.1 cm³/mol. The molecule has 1 aliphatic heterocycles. The van der Waals surface area contributed by atoms with Crippen molar-refractivity contribution in [2.45, 2.75) is 44.9 Å². The highest BCUT2D eigenvalue weighted by Gasteiger charge is 2.60. The summed E-state index contributed by atoms with van der Waals surface area (Å²) < 4.78 is 0. The molecule has 2 bridgehead atoms. The van der Waals surface area contributed by atoms with Gasteiger partial charge in [0.05, 0.1) is 17.4 Å². The fourth-order valence-electron chi connectivity index (χ4n) is 5.28. The van der Waals surface area contributed by atoms with Gasteiger partial charge in [0.2, 0.25) is 11.8 Å². The molecule has 4 atom stereocenters. The van der Waals surface area contributed by atoms with Gasteiger partial charge in [-0.15, -0.1) is 11.3 Å². The number of imide groups is 1. The molecule has 1 saturated heterocycles. The zero-order valence-corrected chi connectivity index (χ0v) is 14.8. The van der Waals surface area contributed by atoms with Crippen LogP contribution in [0.4, 0.5) is 5.00 Å². The zero-order valence-electron chi connectivity index (χ0n) is 14.0. The molecule has 0 aromatic carbocycles. The van der Waals surface area contributed by atoms with Gasteiger partial charge in [-0.3, -0.25) is 9.59 Å². The number of amides is 2. The summed E-state index contributed by atoms with van der Waals surface area (Å²) in [5, 5.41) is 10.4. The maximum atomic E-state index is 13.1. The lowest BCUT2D eigenvalue weighted by molar-refractivity contribution is -0.123. The number of aryl methyl sites for hydroxylation is 1. The lowest BCUT2D eigenvalue weighted by Crippen LogP contribution is -2.32. The number of anilines is 1. The van der Waals surface area contributed by atoms with Crippen molar-refractivity contribution < 1.29 is 9.59 Å². The normalized spacial score (nSPS) is 33.2. The van der Waals surface area contributed by atoms with Crippen molar-refractivity contribution in [3.8, 4) is 6.07 Å². The van der Waals surface area contributed by atoms with Crippen molar-refractivity contribution in [2.24, 2.45) is 23.7 Å². The number of nitriles is 1. The molecule has 0 radical (unpaired) electrons. The average molecular weight is 352 g/mol. The Bertz CT molecular complexity index is 817. The fourth-order valence-corrected chi connectivity index (χ4v) is 6.63. The number of hydrogen-bond acceptors (Lipinski definition) is 4. The van der Waals surface area contributed by atoms with Crippen LogP contribution in [0.2, 0.25) is 0 Å². The monoisotopic (exact) mass is 352 g/mol. The van der Waals surface area contributed by atoms with E-state index in [4.69, 9.17) is 0 Å². The lowest BCUT2D eigenvalue weighted by Gasteiger charge is -2.15. The molecule has 1 aromatic rings. The molecule has 4 aliphatic rings. The predicted octanol–water partition coefficient (Wildman–Crippen LogP) is 3.59. The molecular weight excluding hydrogens is 332 g/mol. The number of nitrogens with zero attached hydrogens (tertiary/aromatic N) is 2. The highest BCUT2D eigenvalue weighted by atomic mass is 32.1. The number of hydrogen-bond donors (Lipinski definition) is 0. The zero-order chi connectivity index (χ0) is 17.1. The second kappa shape index (κ2) is 5.54. The Kier molecular flexibility index (Phi) is 3.40. The van der Waals surface area contributed by atoms with E-state index in [-0.39, 0.29) is 35.5 Å². The standard InChI is InChI=1S/C20H20N2O2S/c21-10-14-13-5-3-1-2-4-6-15(13)25-20(14)22-18(23)16-11-7-8-12(9-11)17(16)19(22)24/h7-8,11-12,16-17H,1-6,9H2/t11-,12-,16+,17+/m0/s1. The van der Waals surface area contributed by atoms with E-state index in [0.717, 1.165) is 37.7 Å². The molecule has 1 saturated carbocycles. The highest BCUT2D eigenvalue weighted by molar-refractivity contribution is 7.17. The Morgan fingerprint density at radius 3 is 2.28 bits per heavy atom. The van der Waals surface area contributed by atoms with Gasteiger partial charge in [0.15, 0.2) is 0 Å². The first-order valence-electron chi connectivity index (χ1n) is 9.31. The topological polar surface area (TPSA) is 61.2 Å². The van der Waals surface area contributed by atoms with Crippen LogP contribution in [0.25, 0.3) is 0 Å². The molecule has 2 fully saturated rings. The Balaban J connectivity index is 1.58. The summed E-state index contributed by atoms with van der Waals surface area (Å²) in [6, 6.07) is 2.32. The minimum Gasteiger partial charge on any atom is -0.274 e. The molecule has 4 nitrogen and oxygen atoms in total. The molecule has 128 valence electrons. The van der Waals surface area contributed by atoms with Gasteiger partial charge in [0.25, 0.3) is 0 Å². The third-order valence-corrected chi connectivity index (χ3v) is 7.71. The third-order valence-electron chi connectivity index (χ3n) is 6.44. The number of thiophene rings is 1. The van der Waals surface area contributed by atoms with E-state index in [2.05, 4.69) is 18.2 Å². The molecule has 2 amide bonds. The first-order valence-corrected chi connectivity index (χ1v) is 10.1. The molecule has 2 heterocycles. The van der Waals surface area contributed by atoms with Crippen LogP contribution in [0, 0.1) is 35.0 Å². The highest BCUT2D eigenvalue weighted by Crippen LogP contribution is 2.54. The summed E-state index contributed by atoms with van der Waals surface area (Å²) in [7, 11) is 0. The van der Waals surface area contributed by atoms with Crippen molar-refractivity contribution in [1.82, 2.24) is 0 Å². The van der Waals surface area contributed by atoms with E-state index in [0.29, 0.717) is 10.6 Å². The van der Waals surface area contributed by atoms with Gasteiger partial charge in [0.1, 0.15) is 11.1 Å². The molecule has 0 spiro atoms. The van der Waals surface area contributed by atoms with Gasteiger partial charge in [0, 0.05) is 4.88 Å². The maximum Gasteiger partial charge on any atom is 0.238 e. The van der Waals surface area contributed by atoms with E-state index < -0.39 is 0 Å². The SMILES string of the molecule is N#Cc1c(N2C(=O)[C@H]3[C@H](C2=O)[C@H]2C=C[C@H]3C2)sc2c1CCCCCC2. The minimum atomic E-state index is -0.196. The number of allylic oxidation sites excluding steroid dienone is 2. The van der Waals surface area contributed by atoms with Gasteiger partial charge in [-0.25, -0.2) is 4.90 Å². The van der Waals surface area contributed by atoms with Crippen molar-refractivity contribution >= 4 is 28.2 Å².